The number of fused-ring (bicyclic) bond motifs is 1. The summed E-state index contributed by atoms with van der Waals surface area (Å²) in [6.07, 6.45) is 0.683. The first-order valence-corrected chi connectivity index (χ1v) is 8.85. The Bertz CT molecular complexity index is 932. The van der Waals surface area contributed by atoms with Gasteiger partial charge in [0.15, 0.2) is 0 Å². The lowest BCUT2D eigenvalue weighted by atomic mass is 10.1. The molecule has 2 aromatic rings. The molecule has 140 valence electrons. The van der Waals surface area contributed by atoms with Crippen LogP contribution in [0.15, 0.2) is 36.9 Å². The summed E-state index contributed by atoms with van der Waals surface area (Å²) in [5.74, 6) is -1.63. The molecule has 1 aliphatic rings. The van der Waals surface area contributed by atoms with E-state index in [1.807, 2.05) is 0 Å². The van der Waals surface area contributed by atoms with Gasteiger partial charge in [-0.25, -0.2) is 14.4 Å². The van der Waals surface area contributed by atoms with Crippen molar-refractivity contribution in [2.45, 2.75) is 13.2 Å². The molecule has 3 rings (SSSR count). The van der Waals surface area contributed by atoms with Crippen LogP contribution < -0.4 is 5.32 Å². The standard InChI is InChI=1S/C19H17NO6S/c1-4-9-25-19(23)14-10(2)13(18(22)24-3)16(27-14)20-15-11-7-5-6-8-12(11)17(21)26-15/h4-8,15,20H,1,9H2,2-3H3. The number of cyclic esters (lactones) is 1. The zero-order valence-electron chi connectivity index (χ0n) is 14.7. The second-order valence-corrected chi connectivity index (χ2v) is 6.68. The molecule has 0 bridgehead atoms. The molecule has 0 spiro atoms. The van der Waals surface area contributed by atoms with E-state index in [2.05, 4.69) is 11.9 Å². The van der Waals surface area contributed by atoms with Gasteiger partial charge < -0.3 is 19.5 Å². The van der Waals surface area contributed by atoms with E-state index in [0.29, 0.717) is 21.7 Å². The summed E-state index contributed by atoms with van der Waals surface area (Å²) in [5.41, 5.74) is 1.74. The van der Waals surface area contributed by atoms with Crippen LogP contribution >= 0.6 is 11.3 Å². The van der Waals surface area contributed by atoms with Crippen LogP contribution in [0.3, 0.4) is 0 Å². The van der Waals surface area contributed by atoms with E-state index in [0.717, 1.165) is 11.3 Å². The Morgan fingerprint density at radius 2 is 2.07 bits per heavy atom. The maximum absolute atomic E-state index is 12.3. The minimum Gasteiger partial charge on any atom is -0.465 e. The number of methoxy groups -OCH3 is 1. The maximum atomic E-state index is 12.3. The minimum atomic E-state index is -0.771. The molecule has 1 unspecified atom stereocenters. The minimum absolute atomic E-state index is 0.0557. The number of esters is 3. The van der Waals surface area contributed by atoms with Gasteiger partial charge in [-0.1, -0.05) is 30.9 Å². The molecule has 8 heteroatoms. The number of benzene rings is 1. The smallest absolute Gasteiger partial charge is 0.348 e. The number of carbonyl (C=O) groups is 3. The lowest BCUT2D eigenvalue weighted by molar-refractivity contribution is 0.0437. The van der Waals surface area contributed by atoms with Gasteiger partial charge in [-0.3, -0.25) is 0 Å². The Kier molecular flexibility index (Phi) is 5.27. The Morgan fingerprint density at radius 1 is 1.33 bits per heavy atom. The van der Waals surface area contributed by atoms with Crippen molar-refractivity contribution in [3.8, 4) is 0 Å². The van der Waals surface area contributed by atoms with Gasteiger partial charge in [-0.15, -0.1) is 11.3 Å². The number of anilines is 1. The van der Waals surface area contributed by atoms with E-state index >= 15 is 0 Å². The van der Waals surface area contributed by atoms with Crippen molar-refractivity contribution in [1.82, 2.24) is 0 Å². The molecule has 0 aliphatic carbocycles. The van der Waals surface area contributed by atoms with Crippen LogP contribution in [0, 0.1) is 6.92 Å². The van der Waals surface area contributed by atoms with Gasteiger partial charge in [0, 0.05) is 5.56 Å². The molecular formula is C19H17NO6S. The molecule has 7 nitrogen and oxygen atoms in total. The van der Waals surface area contributed by atoms with Gasteiger partial charge in [0.2, 0.25) is 6.23 Å². The molecule has 1 aliphatic heterocycles. The molecule has 0 fully saturated rings. The fraction of sp³-hybridized carbons (Fsp3) is 0.211. The lowest BCUT2D eigenvalue weighted by Gasteiger charge is -2.14. The second-order valence-electron chi connectivity index (χ2n) is 5.66. The first-order chi connectivity index (χ1) is 13.0. The van der Waals surface area contributed by atoms with Crippen molar-refractivity contribution < 1.29 is 28.6 Å². The molecule has 1 aromatic heterocycles. The van der Waals surface area contributed by atoms with Gasteiger partial charge in [0.05, 0.1) is 18.2 Å². The summed E-state index contributed by atoms with van der Waals surface area (Å²) in [6.45, 7) is 5.19. The third-order valence-corrected chi connectivity index (χ3v) is 5.21. The number of thiophene rings is 1. The highest BCUT2D eigenvalue weighted by Gasteiger charge is 2.33. The molecule has 1 N–H and O–H groups in total. The quantitative estimate of drug-likeness (QED) is 0.461. The molecule has 0 amide bonds. The molecule has 27 heavy (non-hydrogen) atoms. The number of hydrogen-bond acceptors (Lipinski definition) is 8. The number of ether oxygens (including phenoxy) is 3. The summed E-state index contributed by atoms with van der Waals surface area (Å²) in [4.78, 5) is 36.8. The topological polar surface area (TPSA) is 90.9 Å². The average Bonchev–Trinajstić information content (AvgIpc) is 3.17. The highest BCUT2D eigenvalue weighted by atomic mass is 32.1. The molecule has 0 saturated carbocycles. The van der Waals surface area contributed by atoms with Crippen molar-refractivity contribution >= 4 is 34.2 Å². The average molecular weight is 387 g/mol. The maximum Gasteiger partial charge on any atom is 0.348 e. The SMILES string of the molecule is C=CCOC(=O)c1sc(NC2OC(=O)c3ccccc32)c(C(=O)OC)c1C. The molecule has 2 heterocycles. The Morgan fingerprint density at radius 3 is 2.78 bits per heavy atom. The molecule has 0 saturated heterocycles. The van der Waals surface area contributed by atoms with Gasteiger partial charge in [0.25, 0.3) is 0 Å². The van der Waals surface area contributed by atoms with Crippen LogP contribution in [0.2, 0.25) is 0 Å². The predicted molar refractivity (Wildman–Crippen MR) is 99.1 cm³/mol. The zero-order chi connectivity index (χ0) is 19.6. The number of carbonyl (C=O) groups excluding carboxylic acids is 3. The summed E-state index contributed by atoms with van der Waals surface area (Å²) in [5, 5.41) is 3.39. The zero-order valence-corrected chi connectivity index (χ0v) is 15.6. The van der Waals surface area contributed by atoms with Gasteiger partial charge in [-0.05, 0) is 18.6 Å². The van der Waals surface area contributed by atoms with Crippen molar-refractivity contribution in [2.24, 2.45) is 0 Å². The normalized spacial score (nSPS) is 14.9. The van der Waals surface area contributed by atoms with Crippen LogP contribution in [0.1, 0.15) is 47.7 Å². The first kappa shape index (κ1) is 18.7. The van der Waals surface area contributed by atoms with Crippen LogP contribution in [0.25, 0.3) is 0 Å². The third-order valence-electron chi connectivity index (χ3n) is 4.00. The van der Waals surface area contributed by atoms with Gasteiger partial charge >= 0.3 is 17.9 Å². The van der Waals surface area contributed by atoms with E-state index in [9.17, 15) is 14.4 Å². The van der Waals surface area contributed by atoms with Crippen molar-refractivity contribution in [2.75, 3.05) is 19.0 Å². The number of rotatable bonds is 6. The highest BCUT2D eigenvalue weighted by Crippen LogP contribution is 2.39. The molecular weight excluding hydrogens is 370 g/mol. The van der Waals surface area contributed by atoms with Crippen molar-refractivity contribution in [3.63, 3.8) is 0 Å². The fourth-order valence-corrected chi connectivity index (χ4v) is 3.84. The first-order valence-electron chi connectivity index (χ1n) is 8.04. The lowest BCUT2D eigenvalue weighted by Crippen LogP contribution is -2.13. The van der Waals surface area contributed by atoms with E-state index in [1.54, 1.807) is 31.2 Å². The highest BCUT2D eigenvalue weighted by molar-refractivity contribution is 7.18. The Balaban J connectivity index is 1.97. The summed E-state index contributed by atoms with van der Waals surface area (Å²) in [7, 11) is 1.25. The Hall–Kier alpha value is -3.13. The molecule has 1 aromatic carbocycles. The third kappa shape index (κ3) is 3.43. The van der Waals surface area contributed by atoms with E-state index in [1.165, 1.54) is 13.2 Å². The van der Waals surface area contributed by atoms with Crippen LogP contribution in [-0.4, -0.2) is 31.6 Å². The van der Waals surface area contributed by atoms with Crippen LogP contribution in [0.5, 0.6) is 0 Å². The Labute approximate surface area is 159 Å². The summed E-state index contributed by atoms with van der Waals surface area (Å²) < 4.78 is 15.3. The van der Waals surface area contributed by atoms with Gasteiger partial charge in [-0.2, -0.15) is 0 Å². The summed E-state index contributed by atoms with van der Waals surface area (Å²) >= 11 is 1.04. The van der Waals surface area contributed by atoms with E-state index in [4.69, 9.17) is 14.2 Å². The van der Waals surface area contributed by atoms with Crippen molar-refractivity contribution in [3.05, 3.63) is 64.1 Å². The summed E-state index contributed by atoms with van der Waals surface area (Å²) in [6, 6.07) is 6.95. The van der Waals surface area contributed by atoms with Crippen LogP contribution in [0.4, 0.5) is 5.00 Å². The largest absolute Gasteiger partial charge is 0.465 e. The molecule has 0 radical (unpaired) electrons. The second kappa shape index (κ2) is 7.63. The predicted octanol–water partition coefficient (Wildman–Crippen LogP) is 3.47. The number of nitrogens with one attached hydrogen (secondary N) is 1. The van der Waals surface area contributed by atoms with Crippen molar-refractivity contribution in [1.29, 1.82) is 0 Å². The van der Waals surface area contributed by atoms with Gasteiger partial charge in [0.1, 0.15) is 16.5 Å². The van der Waals surface area contributed by atoms with Crippen LogP contribution in [-0.2, 0) is 14.2 Å². The molecule has 1 atom stereocenters. The van der Waals surface area contributed by atoms with E-state index < -0.39 is 24.1 Å². The number of hydrogen-bond donors (Lipinski definition) is 1. The fourth-order valence-electron chi connectivity index (χ4n) is 2.73. The van der Waals surface area contributed by atoms with E-state index in [-0.39, 0.29) is 17.0 Å². The monoisotopic (exact) mass is 387 g/mol.